The molecule has 0 spiro atoms. The molecule has 1 amide bonds. The smallest absolute Gasteiger partial charge is 0.319 e. The molecule has 2 atom stereocenters. The Morgan fingerprint density at radius 2 is 2.05 bits per heavy atom. The number of carbonyl (C=O) groups excluding carboxylic acids is 1. The lowest BCUT2D eigenvalue weighted by Gasteiger charge is -2.40. The minimum absolute atomic E-state index is 0.000267. The normalized spacial score (nSPS) is 21.9. The topological polar surface area (TPSA) is 94.9 Å². The second-order valence-corrected chi connectivity index (χ2v) is 12.3. The van der Waals surface area contributed by atoms with Gasteiger partial charge in [-0.2, -0.15) is 9.97 Å². The Hall–Kier alpha value is -4.38. The molecule has 0 radical (unpaired) electrons. The van der Waals surface area contributed by atoms with Crippen molar-refractivity contribution in [2.45, 2.75) is 31.0 Å². The summed E-state index contributed by atoms with van der Waals surface area (Å²) >= 11 is 0. The third kappa shape index (κ3) is 4.89. The van der Waals surface area contributed by atoms with E-state index in [1.165, 1.54) is 12.1 Å². The van der Waals surface area contributed by atoms with Crippen molar-refractivity contribution in [3.8, 4) is 23.0 Å². The number of nitrogens with zero attached hydrogens (tertiary/aromatic N) is 6. The first-order chi connectivity index (χ1) is 21.2. The number of carbonyl (C=O) groups is 1. The number of aromatic hydroxyl groups is 1. The second kappa shape index (κ2) is 11.0. The van der Waals surface area contributed by atoms with Crippen molar-refractivity contribution >= 4 is 33.4 Å². The minimum atomic E-state index is -0.906. The number of halogens is 2. The van der Waals surface area contributed by atoms with Gasteiger partial charge in [-0.15, -0.1) is 0 Å². The highest BCUT2D eigenvalue weighted by molar-refractivity contribution is 5.99. The van der Waals surface area contributed by atoms with Gasteiger partial charge in [0.05, 0.1) is 10.9 Å². The predicted molar refractivity (Wildman–Crippen MR) is 164 cm³/mol. The fraction of sp³-hybridized carbons (Fsp3) is 0.394. The van der Waals surface area contributed by atoms with Crippen molar-refractivity contribution in [2.24, 2.45) is 5.92 Å². The summed E-state index contributed by atoms with van der Waals surface area (Å²) < 4.78 is 37.1. The SMILES string of the molecule is C=CC(=O)N1CC(CN(C)c2nc(OC[C@@]34CCCN3C[C@H](F)C4)nc3c(F)c(-c4cc(O)cc5ccccc45)ncc23)C1. The van der Waals surface area contributed by atoms with Crippen LogP contribution in [0.3, 0.4) is 0 Å². The average Bonchev–Trinajstić information content (AvgIpc) is 3.52. The van der Waals surface area contributed by atoms with Crippen LogP contribution >= 0.6 is 0 Å². The summed E-state index contributed by atoms with van der Waals surface area (Å²) in [6, 6.07) is 10.5. The Balaban J connectivity index is 1.28. The molecule has 3 aliphatic heterocycles. The van der Waals surface area contributed by atoms with Crippen LogP contribution in [0.2, 0.25) is 0 Å². The number of likely N-dealkylation sites (tertiary alicyclic amines) is 1. The quantitative estimate of drug-likeness (QED) is 0.290. The summed E-state index contributed by atoms with van der Waals surface area (Å²) in [4.78, 5) is 31.5. The molecule has 1 N–H and O–H groups in total. The van der Waals surface area contributed by atoms with Crippen molar-refractivity contribution in [3.05, 3.63) is 61.1 Å². The van der Waals surface area contributed by atoms with Crippen LogP contribution in [0.25, 0.3) is 32.9 Å². The van der Waals surface area contributed by atoms with E-state index in [1.54, 1.807) is 17.2 Å². The largest absolute Gasteiger partial charge is 0.508 e. The van der Waals surface area contributed by atoms with Gasteiger partial charge in [-0.05, 0) is 48.4 Å². The zero-order valence-corrected chi connectivity index (χ0v) is 24.5. The fourth-order valence-corrected chi connectivity index (χ4v) is 7.17. The van der Waals surface area contributed by atoms with Gasteiger partial charge in [0.2, 0.25) is 5.91 Å². The number of anilines is 1. The Morgan fingerprint density at radius 1 is 1.23 bits per heavy atom. The van der Waals surface area contributed by atoms with E-state index in [0.717, 1.165) is 30.2 Å². The molecule has 4 aromatic rings. The maximum Gasteiger partial charge on any atom is 0.319 e. The van der Waals surface area contributed by atoms with Gasteiger partial charge in [-0.3, -0.25) is 14.7 Å². The number of hydrogen-bond acceptors (Lipinski definition) is 8. The highest BCUT2D eigenvalue weighted by Gasteiger charge is 2.49. The molecule has 228 valence electrons. The van der Waals surface area contributed by atoms with Crippen LogP contribution < -0.4 is 9.64 Å². The van der Waals surface area contributed by atoms with Crippen LogP contribution in [0.1, 0.15) is 19.3 Å². The molecule has 3 aliphatic rings. The summed E-state index contributed by atoms with van der Waals surface area (Å²) in [6.07, 6.45) is 4.14. The number of benzene rings is 2. The molecule has 0 saturated carbocycles. The van der Waals surface area contributed by atoms with Gasteiger partial charge >= 0.3 is 6.01 Å². The lowest BCUT2D eigenvalue weighted by Crippen LogP contribution is -2.53. The number of ether oxygens (including phenoxy) is 1. The number of fused-ring (bicyclic) bond motifs is 3. The maximum atomic E-state index is 16.5. The number of phenolic OH excluding ortho intramolecular Hbond substituents is 1. The highest BCUT2D eigenvalue weighted by atomic mass is 19.1. The number of aromatic nitrogens is 3. The van der Waals surface area contributed by atoms with Crippen LogP contribution in [0.4, 0.5) is 14.6 Å². The average molecular weight is 601 g/mol. The number of pyridine rings is 1. The molecule has 3 fully saturated rings. The first-order valence-corrected chi connectivity index (χ1v) is 15.0. The molecule has 0 bridgehead atoms. The van der Waals surface area contributed by atoms with E-state index < -0.39 is 17.5 Å². The van der Waals surface area contributed by atoms with E-state index in [4.69, 9.17) is 9.72 Å². The molecule has 3 saturated heterocycles. The molecule has 0 unspecified atom stereocenters. The van der Waals surface area contributed by atoms with Gasteiger partial charge in [0.1, 0.15) is 35.6 Å². The van der Waals surface area contributed by atoms with Crippen molar-refractivity contribution in [1.29, 1.82) is 0 Å². The lowest BCUT2D eigenvalue weighted by atomic mass is 9.95. The summed E-state index contributed by atoms with van der Waals surface area (Å²) in [6.45, 7) is 6.72. The number of amides is 1. The zero-order valence-electron chi connectivity index (χ0n) is 24.5. The molecule has 44 heavy (non-hydrogen) atoms. The van der Waals surface area contributed by atoms with Gasteiger partial charge in [-0.25, -0.2) is 8.78 Å². The van der Waals surface area contributed by atoms with Crippen LogP contribution in [-0.2, 0) is 4.79 Å². The Labute approximate surface area is 253 Å². The van der Waals surface area contributed by atoms with Crippen LogP contribution in [-0.4, -0.2) is 93.9 Å². The molecule has 0 aliphatic carbocycles. The highest BCUT2D eigenvalue weighted by Crippen LogP contribution is 2.41. The van der Waals surface area contributed by atoms with E-state index in [9.17, 15) is 14.3 Å². The summed E-state index contributed by atoms with van der Waals surface area (Å²) in [5.74, 6) is -0.113. The molecular formula is C33H34F2N6O3. The van der Waals surface area contributed by atoms with Crippen LogP contribution in [0, 0.1) is 11.7 Å². The van der Waals surface area contributed by atoms with Gasteiger partial charge in [-0.1, -0.05) is 30.8 Å². The van der Waals surface area contributed by atoms with E-state index in [0.29, 0.717) is 49.4 Å². The summed E-state index contributed by atoms with van der Waals surface area (Å²) in [5.41, 5.74) is 0.121. The van der Waals surface area contributed by atoms with E-state index in [2.05, 4.69) is 21.4 Å². The maximum absolute atomic E-state index is 16.5. The summed E-state index contributed by atoms with van der Waals surface area (Å²) in [5, 5.41) is 12.3. The Morgan fingerprint density at radius 3 is 2.86 bits per heavy atom. The Bertz CT molecular complexity index is 1780. The second-order valence-electron chi connectivity index (χ2n) is 12.3. The molecular weight excluding hydrogens is 566 g/mol. The molecule has 9 nitrogen and oxygen atoms in total. The molecule has 2 aromatic carbocycles. The monoisotopic (exact) mass is 600 g/mol. The molecule has 7 rings (SSSR count). The van der Waals surface area contributed by atoms with E-state index >= 15 is 4.39 Å². The predicted octanol–water partition coefficient (Wildman–Crippen LogP) is 4.73. The fourth-order valence-electron chi connectivity index (χ4n) is 7.17. The number of rotatable bonds is 8. The van der Waals surface area contributed by atoms with Crippen LogP contribution in [0.15, 0.2) is 55.3 Å². The van der Waals surface area contributed by atoms with E-state index in [1.807, 2.05) is 36.2 Å². The molecule has 2 aromatic heterocycles. The molecule has 11 heteroatoms. The number of alkyl halides is 1. The lowest BCUT2D eigenvalue weighted by molar-refractivity contribution is -0.131. The minimum Gasteiger partial charge on any atom is -0.508 e. The van der Waals surface area contributed by atoms with Gasteiger partial charge in [0, 0.05) is 57.3 Å². The standard InChI is InChI=1S/C33H34F2N6O3/c1-3-27(43)40-16-20(17-40)15-39(2)31-26-14-36-29(25-12-23(42)11-21-7-4-5-8-24(21)25)28(35)30(26)37-32(38-31)44-19-33-9-6-10-41(33)18-22(34)13-33/h3-5,7-8,11-12,14,20,22,42H,1,6,9-10,13,15-19H2,2H3/t22-,33+/m1/s1. The van der Waals surface area contributed by atoms with Crippen molar-refractivity contribution < 1.29 is 23.4 Å². The van der Waals surface area contributed by atoms with Crippen molar-refractivity contribution in [2.75, 3.05) is 51.3 Å². The molecule has 5 heterocycles. The summed E-state index contributed by atoms with van der Waals surface area (Å²) in [7, 11) is 1.86. The van der Waals surface area contributed by atoms with Crippen molar-refractivity contribution in [1.82, 2.24) is 24.8 Å². The Kier molecular flexibility index (Phi) is 7.07. The third-order valence-electron chi connectivity index (χ3n) is 9.31. The van der Waals surface area contributed by atoms with Gasteiger partial charge < -0.3 is 19.6 Å². The van der Waals surface area contributed by atoms with Gasteiger partial charge in [0.25, 0.3) is 0 Å². The van der Waals surface area contributed by atoms with Crippen LogP contribution in [0.5, 0.6) is 11.8 Å². The first-order valence-electron chi connectivity index (χ1n) is 15.0. The third-order valence-corrected chi connectivity index (χ3v) is 9.31. The van der Waals surface area contributed by atoms with Gasteiger partial charge in [0.15, 0.2) is 5.82 Å². The number of hydrogen-bond donors (Lipinski definition) is 1. The van der Waals surface area contributed by atoms with E-state index in [-0.39, 0.29) is 41.4 Å². The zero-order chi connectivity index (χ0) is 30.6. The number of phenols is 1. The van der Waals surface area contributed by atoms with Crippen molar-refractivity contribution in [3.63, 3.8) is 0 Å². The first kappa shape index (κ1) is 28.4.